The molecule has 1 aromatic heterocycles. The van der Waals surface area contributed by atoms with E-state index in [-0.39, 0.29) is 33.3 Å². The molecule has 0 radical (unpaired) electrons. The van der Waals surface area contributed by atoms with Crippen LogP contribution in [-0.4, -0.2) is 51.7 Å². The average Bonchev–Trinajstić information content (AvgIpc) is 2.92. The van der Waals surface area contributed by atoms with Crippen LogP contribution in [0.3, 0.4) is 0 Å². The number of aryl methyl sites for hydroxylation is 1. The summed E-state index contributed by atoms with van der Waals surface area (Å²) in [4.78, 5) is 24.9. The maximum Gasteiger partial charge on any atom is 0.417 e. The lowest BCUT2D eigenvalue weighted by molar-refractivity contribution is -0.138. The largest absolute Gasteiger partial charge is 0.444 e. The van der Waals surface area contributed by atoms with Crippen LogP contribution in [0.25, 0.3) is 10.9 Å². The summed E-state index contributed by atoms with van der Waals surface area (Å²) in [7, 11) is 0. The van der Waals surface area contributed by atoms with Gasteiger partial charge in [-0.1, -0.05) is 0 Å². The fourth-order valence-electron chi connectivity index (χ4n) is 4.50. The third kappa shape index (κ3) is 4.23. The van der Waals surface area contributed by atoms with Crippen LogP contribution in [-0.2, 0) is 10.9 Å². The lowest BCUT2D eigenvalue weighted by Crippen LogP contribution is -2.57. The molecule has 2 unspecified atom stereocenters. The highest BCUT2D eigenvalue weighted by molar-refractivity contribution is 9.10. The van der Waals surface area contributed by atoms with Crippen LogP contribution < -0.4 is 4.90 Å². The predicted octanol–water partition coefficient (Wildman–Crippen LogP) is 5.96. The molecular weight excluding hydrogens is 513 g/mol. The number of hydrogen-bond acceptors (Lipinski definition) is 5. The first-order valence-corrected chi connectivity index (χ1v) is 11.4. The highest BCUT2D eigenvalue weighted by atomic mass is 79.9. The number of piperazine rings is 1. The molecule has 1 aromatic carbocycles. The molecule has 2 bridgehead atoms. The molecule has 2 aliphatic heterocycles. The molecule has 3 heterocycles. The number of ether oxygens (including phenoxy) is 1. The van der Waals surface area contributed by atoms with E-state index in [0.717, 1.165) is 18.9 Å². The van der Waals surface area contributed by atoms with Crippen LogP contribution in [0.5, 0.6) is 0 Å². The summed E-state index contributed by atoms with van der Waals surface area (Å²) >= 11 is 9.23. The molecule has 0 aliphatic carbocycles. The number of benzene rings is 1. The van der Waals surface area contributed by atoms with Crippen molar-refractivity contribution in [2.45, 2.75) is 64.4 Å². The van der Waals surface area contributed by atoms with Gasteiger partial charge >= 0.3 is 12.3 Å². The van der Waals surface area contributed by atoms with Crippen molar-refractivity contribution in [1.29, 1.82) is 0 Å². The van der Waals surface area contributed by atoms with Gasteiger partial charge in [-0.2, -0.15) is 18.2 Å². The van der Waals surface area contributed by atoms with E-state index in [1.807, 2.05) is 25.7 Å². The van der Waals surface area contributed by atoms with Crippen molar-refractivity contribution in [3.63, 3.8) is 0 Å². The quantitative estimate of drug-likeness (QED) is 0.422. The average molecular weight is 536 g/mol. The Morgan fingerprint density at radius 1 is 1.19 bits per heavy atom. The van der Waals surface area contributed by atoms with Gasteiger partial charge in [0.05, 0.1) is 23.2 Å². The van der Waals surface area contributed by atoms with Gasteiger partial charge in [0.1, 0.15) is 11.4 Å². The number of nitrogens with zero attached hydrogens (tertiary/aromatic N) is 4. The summed E-state index contributed by atoms with van der Waals surface area (Å²) in [5.41, 5.74) is -0.689. The van der Waals surface area contributed by atoms with Crippen LogP contribution in [0, 0.1) is 6.92 Å². The third-order valence-corrected chi connectivity index (χ3v) is 6.99. The summed E-state index contributed by atoms with van der Waals surface area (Å²) < 4.78 is 46.5. The minimum Gasteiger partial charge on any atom is -0.444 e. The van der Waals surface area contributed by atoms with Crippen LogP contribution in [0.1, 0.15) is 44.7 Å². The van der Waals surface area contributed by atoms with Gasteiger partial charge in [-0.05, 0) is 79.7 Å². The number of carbonyl (C=O) groups excluding carboxylic acids is 1. The maximum absolute atomic E-state index is 13.7. The summed E-state index contributed by atoms with van der Waals surface area (Å²) in [5.74, 6) is 0.349. The second kappa shape index (κ2) is 7.90. The molecule has 11 heteroatoms. The molecule has 32 heavy (non-hydrogen) atoms. The van der Waals surface area contributed by atoms with E-state index in [1.54, 1.807) is 11.8 Å². The van der Waals surface area contributed by atoms with E-state index >= 15 is 0 Å². The van der Waals surface area contributed by atoms with Crippen molar-refractivity contribution < 1.29 is 22.7 Å². The minimum atomic E-state index is -4.54. The van der Waals surface area contributed by atoms with Crippen LogP contribution >= 0.6 is 27.5 Å². The summed E-state index contributed by atoms with van der Waals surface area (Å²) in [6, 6.07) is 0.831. The molecule has 2 fully saturated rings. The topological polar surface area (TPSA) is 58.6 Å². The van der Waals surface area contributed by atoms with Crippen molar-refractivity contribution in [2.75, 3.05) is 18.0 Å². The number of carbonyl (C=O) groups is 1. The molecular formula is C21H23BrClF3N4O2. The Kier molecular flexibility index (Phi) is 5.76. The minimum absolute atomic E-state index is 0.0378. The lowest BCUT2D eigenvalue weighted by Gasteiger charge is -2.42. The molecule has 2 aromatic rings. The molecule has 1 amide bonds. The van der Waals surface area contributed by atoms with Crippen molar-refractivity contribution in [3.8, 4) is 0 Å². The highest BCUT2D eigenvalue weighted by Crippen LogP contribution is 2.42. The SMILES string of the molecule is Cc1c(Br)c(C(F)(F)F)cc2c(N3CC4CCC(C3)N4C(=O)OC(C)(C)C)nc(Cl)nc12. The number of anilines is 1. The van der Waals surface area contributed by atoms with Crippen molar-refractivity contribution in [1.82, 2.24) is 14.9 Å². The molecule has 0 saturated carbocycles. The first kappa shape index (κ1) is 23.4. The van der Waals surface area contributed by atoms with E-state index < -0.39 is 17.3 Å². The zero-order chi connectivity index (χ0) is 23.6. The molecule has 6 nitrogen and oxygen atoms in total. The van der Waals surface area contributed by atoms with Gasteiger partial charge in [-0.25, -0.2) is 9.78 Å². The number of rotatable bonds is 1. The molecule has 2 aliphatic rings. The Balaban J connectivity index is 1.74. The Hall–Kier alpha value is -1.81. The zero-order valence-corrected chi connectivity index (χ0v) is 20.4. The Bertz CT molecular complexity index is 1080. The summed E-state index contributed by atoms with van der Waals surface area (Å²) in [6.45, 7) is 7.87. The number of fused-ring (bicyclic) bond motifs is 3. The van der Waals surface area contributed by atoms with E-state index in [9.17, 15) is 18.0 Å². The monoisotopic (exact) mass is 534 g/mol. The molecule has 0 N–H and O–H groups in total. The first-order valence-electron chi connectivity index (χ1n) is 10.3. The number of halogens is 5. The highest BCUT2D eigenvalue weighted by Gasteiger charge is 2.45. The first-order chi connectivity index (χ1) is 14.8. The number of amides is 1. The Labute approximate surface area is 197 Å². The molecule has 2 atom stereocenters. The summed E-state index contributed by atoms with van der Waals surface area (Å²) in [5, 5.41) is 0.247. The van der Waals surface area contributed by atoms with E-state index in [0.29, 0.717) is 30.0 Å². The lowest BCUT2D eigenvalue weighted by atomic mass is 10.0. The van der Waals surface area contributed by atoms with Crippen molar-refractivity contribution >= 4 is 50.3 Å². The second-order valence-corrected chi connectivity index (χ2v) is 10.4. The summed E-state index contributed by atoms with van der Waals surface area (Å²) in [6.07, 6.45) is -3.33. The van der Waals surface area contributed by atoms with Gasteiger partial charge in [0.25, 0.3) is 0 Å². The van der Waals surface area contributed by atoms with E-state index in [4.69, 9.17) is 16.3 Å². The van der Waals surface area contributed by atoms with Gasteiger partial charge in [-0.15, -0.1) is 0 Å². The Morgan fingerprint density at radius 3 is 2.31 bits per heavy atom. The number of alkyl halides is 3. The smallest absolute Gasteiger partial charge is 0.417 e. The van der Waals surface area contributed by atoms with Crippen LogP contribution in [0.15, 0.2) is 10.5 Å². The van der Waals surface area contributed by atoms with Gasteiger partial charge in [0.15, 0.2) is 0 Å². The number of aromatic nitrogens is 2. The van der Waals surface area contributed by atoms with Crippen LogP contribution in [0.4, 0.5) is 23.8 Å². The molecule has 0 spiro atoms. The standard InChI is InChI=1S/C21H23BrClF3N4O2/c1-10-15(22)14(21(24,25)26)7-13-16(10)27-18(23)28-17(13)29-8-11-5-6-12(9-29)30(11)19(31)32-20(2,3)4/h7,11-12H,5-6,8-9H2,1-4H3. The van der Waals surface area contributed by atoms with Crippen molar-refractivity contribution in [3.05, 3.63) is 26.9 Å². The zero-order valence-electron chi connectivity index (χ0n) is 18.1. The normalized spacial score (nSPS) is 21.4. The van der Waals surface area contributed by atoms with Crippen LogP contribution in [0.2, 0.25) is 5.28 Å². The van der Waals surface area contributed by atoms with Gasteiger partial charge in [0, 0.05) is 22.9 Å². The van der Waals surface area contributed by atoms with E-state index in [1.165, 1.54) is 0 Å². The molecule has 4 rings (SSSR count). The Morgan fingerprint density at radius 2 is 1.78 bits per heavy atom. The van der Waals surface area contributed by atoms with Gasteiger partial charge in [0.2, 0.25) is 5.28 Å². The predicted molar refractivity (Wildman–Crippen MR) is 119 cm³/mol. The van der Waals surface area contributed by atoms with Gasteiger partial charge < -0.3 is 9.64 Å². The fraction of sp³-hybridized carbons (Fsp3) is 0.571. The van der Waals surface area contributed by atoms with E-state index in [2.05, 4.69) is 25.9 Å². The maximum atomic E-state index is 13.7. The van der Waals surface area contributed by atoms with Crippen molar-refractivity contribution in [2.24, 2.45) is 0 Å². The van der Waals surface area contributed by atoms with Gasteiger partial charge in [-0.3, -0.25) is 4.90 Å². The molecule has 2 saturated heterocycles. The molecule has 174 valence electrons. The fourth-order valence-corrected chi connectivity index (χ4v) is 5.19. The number of hydrogen-bond donors (Lipinski definition) is 0. The second-order valence-electron chi connectivity index (χ2n) is 9.25. The third-order valence-electron chi connectivity index (χ3n) is 5.80.